The first-order valence-electron chi connectivity index (χ1n) is 9.16. The van der Waals surface area contributed by atoms with Gasteiger partial charge in [-0.25, -0.2) is 22.7 Å². The third kappa shape index (κ3) is 3.20. The van der Waals surface area contributed by atoms with Gasteiger partial charge in [-0.05, 0) is 44.2 Å². The molecule has 0 aliphatic heterocycles. The van der Waals surface area contributed by atoms with Crippen molar-refractivity contribution in [3.05, 3.63) is 58.9 Å². The molecule has 8 nitrogen and oxygen atoms in total. The molecule has 0 spiro atoms. The average molecular weight is 444 g/mol. The van der Waals surface area contributed by atoms with E-state index >= 15 is 0 Å². The molecule has 1 amide bonds. The molecular formula is C20H18ClN5O3S. The lowest BCUT2D eigenvalue weighted by molar-refractivity contribution is 0.0866. The zero-order valence-corrected chi connectivity index (χ0v) is 18.1. The molecule has 0 aliphatic rings. The van der Waals surface area contributed by atoms with Crippen LogP contribution in [-0.2, 0) is 17.1 Å². The molecule has 0 N–H and O–H groups in total. The van der Waals surface area contributed by atoms with Crippen LogP contribution in [-0.4, -0.2) is 44.9 Å². The highest BCUT2D eigenvalue weighted by Gasteiger charge is 2.34. The summed E-state index contributed by atoms with van der Waals surface area (Å²) >= 11 is 6.15. The third-order valence-corrected chi connectivity index (χ3v) is 7.30. The van der Waals surface area contributed by atoms with E-state index in [1.54, 1.807) is 32.2 Å². The second-order valence-electron chi connectivity index (χ2n) is 6.72. The Morgan fingerprint density at radius 2 is 1.67 bits per heavy atom. The van der Waals surface area contributed by atoms with Gasteiger partial charge in [0.1, 0.15) is 10.0 Å². The Bertz CT molecular complexity index is 1420. The maximum atomic E-state index is 13.2. The van der Waals surface area contributed by atoms with Gasteiger partial charge in [0.25, 0.3) is 15.9 Å². The molecule has 0 bridgehead atoms. The van der Waals surface area contributed by atoms with Crippen molar-refractivity contribution in [3.63, 3.8) is 0 Å². The number of fused-ring (bicyclic) bond motifs is 2. The van der Waals surface area contributed by atoms with Crippen molar-refractivity contribution >= 4 is 49.6 Å². The Labute approximate surface area is 178 Å². The number of rotatable bonds is 4. The molecule has 0 saturated carbocycles. The van der Waals surface area contributed by atoms with Gasteiger partial charge in [0.05, 0.1) is 27.8 Å². The van der Waals surface area contributed by atoms with Gasteiger partial charge in [-0.3, -0.25) is 9.48 Å². The van der Waals surface area contributed by atoms with E-state index in [0.29, 0.717) is 16.6 Å². The Morgan fingerprint density at radius 1 is 1.07 bits per heavy atom. The minimum absolute atomic E-state index is 0.0467. The predicted octanol–water partition coefficient (Wildman–Crippen LogP) is 3.33. The quantitative estimate of drug-likeness (QED) is 0.449. The first-order chi connectivity index (χ1) is 14.2. The van der Waals surface area contributed by atoms with Crippen LogP contribution < -0.4 is 0 Å². The van der Waals surface area contributed by atoms with Crippen molar-refractivity contribution in [1.29, 1.82) is 0 Å². The number of carbonyl (C=O) groups excluding carboxylic acids is 1. The molecule has 10 heteroatoms. The van der Waals surface area contributed by atoms with Gasteiger partial charge < -0.3 is 0 Å². The maximum absolute atomic E-state index is 13.2. The summed E-state index contributed by atoms with van der Waals surface area (Å²) in [4.78, 5) is 22.1. The van der Waals surface area contributed by atoms with E-state index in [1.165, 1.54) is 11.6 Å². The standard InChI is InChI=1S/C20H18ClN5O3S/c1-4-26(30(28,29)18-12(2)24-25(3)19(18)21)20(27)13-9-10-16-17(11-13)23-15-8-6-5-7-14(15)22-16/h5-11H,4H2,1-3H3. The molecule has 4 aromatic rings. The van der Waals surface area contributed by atoms with Crippen molar-refractivity contribution < 1.29 is 13.2 Å². The van der Waals surface area contributed by atoms with Gasteiger partial charge >= 0.3 is 0 Å². The molecule has 0 aliphatic carbocycles. The predicted molar refractivity (Wildman–Crippen MR) is 114 cm³/mol. The van der Waals surface area contributed by atoms with Crippen LogP contribution in [0.5, 0.6) is 0 Å². The van der Waals surface area contributed by atoms with E-state index < -0.39 is 15.9 Å². The minimum atomic E-state index is -4.19. The second-order valence-corrected chi connectivity index (χ2v) is 8.88. The molecule has 0 atom stereocenters. The monoisotopic (exact) mass is 443 g/mol. The van der Waals surface area contributed by atoms with Crippen LogP contribution in [0.2, 0.25) is 5.15 Å². The number of aryl methyl sites for hydroxylation is 2. The lowest BCUT2D eigenvalue weighted by atomic mass is 10.1. The Hall–Kier alpha value is -3.04. The van der Waals surface area contributed by atoms with Crippen molar-refractivity contribution in [2.75, 3.05) is 6.54 Å². The third-order valence-electron chi connectivity index (χ3n) is 4.75. The van der Waals surface area contributed by atoms with Crippen molar-refractivity contribution in [1.82, 2.24) is 24.1 Å². The number of carbonyl (C=O) groups is 1. The first kappa shape index (κ1) is 20.2. The smallest absolute Gasteiger partial charge is 0.268 e. The molecule has 2 aromatic heterocycles. The molecule has 4 rings (SSSR count). The van der Waals surface area contributed by atoms with Crippen molar-refractivity contribution in [2.24, 2.45) is 7.05 Å². The average Bonchev–Trinajstić information content (AvgIpc) is 2.98. The number of sulfonamides is 1. The second kappa shape index (κ2) is 7.33. The molecular weight excluding hydrogens is 426 g/mol. The van der Waals surface area contributed by atoms with Gasteiger partial charge in [0.15, 0.2) is 0 Å². The Morgan fingerprint density at radius 3 is 2.23 bits per heavy atom. The Balaban J connectivity index is 1.79. The van der Waals surface area contributed by atoms with Crippen LogP contribution >= 0.6 is 11.6 Å². The normalized spacial score (nSPS) is 11.9. The Kier molecular flexibility index (Phi) is 4.95. The number of para-hydroxylation sites is 2. The molecule has 2 heterocycles. The lowest BCUT2D eigenvalue weighted by Gasteiger charge is -2.21. The molecule has 0 fully saturated rings. The van der Waals surface area contributed by atoms with Gasteiger partial charge in [0.2, 0.25) is 0 Å². The topological polar surface area (TPSA) is 98.1 Å². The number of aromatic nitrogens is 4. The number of amides is 1. The minimum Gasteiger partial charge on any atom is -0.268 e. The maximum Gasteiger partial charge on any atom is 0.271 e. The summed E-state index contributed by atoms with van der Waals surface area (Å²) in [6.07, 6.45) is 0. The van der Waals surface area contributed by atoms with E-state index in [2.05, 4.69) is 15.1 Å². The number of hydrogen-bond donors (Lipinski definition) is 0. The van der Waals surface area contributed by atoms with E-state index in [1.807, 2.05) is 24.3 Å². The van der Waals surface area contributed by atoms with E-state index in [9.17, 15) is 13.2 Å². The fourth-order valence-electron chi connectivity index (χ4n) is 3.33. The molecule has 30 heavy (non-hydrogen) atoms. The lowest BCUT2D eigenvalue weighted by Crippen LogP contribution is -2.37. The highest BCUT2D eigenvalue weighted by molar-refractivity contribution is 7.89. The van der Waals surface area contributed by atoms with E-state index in [0.717, 1.165) is 9.82 Å². The van der Waals surface area contributed by atoms with Gasteiger partial charge in [-0.1, -0.05) is 23.7 Å². The fourth-order valence-corrected chi connectivity index (χ4v) is 5.44. The van der Waals surface area contributed by atoms with Crippen LogP contribution in [0.15, 0.2) is 47.4 Å². The number of nitrogens with zero attached hydrogens (tertiary/aromatic N) is 5. The van der Waals surface area contributed by atoms with Crippen LogP contribution in [0.4, 0.5) is 0 Å². The number of hydrogen-bond acceptors (Lipinski definition) is 6. The zero-order chi connectivity index (χ0) is 21.6. The molecule has 0 unspecified atom stereocenters. The van der Waals surface area contributed by atoms with Crippen LogP contribution in [0.25, 0.3) is 22.1 Å². The summed E-state index contributed by atoms with van der Waals surface area (Å²) in [7, 11) is -2.65. The summed E-state index contributed by atoms with van der Waals surface area (Å²) in [5, 5.41) is 4.00. The molecule has 0 saturated heterocycles. The summed E-state index contributed by atoms with van der Waals surface area (Å²) in [5.41, 5.74) is 2.96. The van der Waals surface area contributed by atoms with Crippen LogP contribution in [0, 0.1) is 6.92 Å². The SMILES string of the molecule is CCN(C(=O)c1ccc2nc3ccccc3nc2c1)S(=O)(=O)c1c(C)nn(C)c1Cl. The fraction of sp³-hybridized carbons (Fsp3) is 0.200. The zero-order valence-electron chi connectivity index (χ0n) is 16.5. The molecule has 154 valence electrons. The van der Waals surface area contributed by atoms with E-state index in [4.69, 9.17) is 11.6 Å². The summed E-state index contributed by atoms with van der Waals surface area (Å²) in [5.74, 6) is -0.673. The number of benzene rings is 2. The molecule has 0 radical (unpaired) electrons. The highest BCUT2D eigenvalue weighted by atomic mass is 35.5. The van der Waals surface area contributed by atoms with Gasteiger partial charge in [-0.15, -0.1) is 0 Å². The van der Waals surface area contributed by atoms with Crippen LogP contribution in [0.3, 0.4) is 0 Å². The van der Waals surface area contributed by atoms with Gasteiger partial charge in [-0.2, -0.15) is 5.10 Å². The van der Waals surface area contributed by atoms with Crippen LogP contribution in [0.1, 0.15) is 23.0 Å². The summed E-state index contributed by atoms with van der Waals surface area (Å²) in [6.45, 7) is 3.06. The van der Waals surface area contributed by atoms with Gasteiger partial charge in [0, 0.05) is 19.2 Å². The summed E-state index contributed by atoms with van der Waals surface area (Å²) in [6, 6.07) is 12.2. The number of halogens is 1. The highest BCUT2D eigenvalue weighted by Crippen LogP contribution is 2.28. The summed E-state index contributed by atoms with van der Waals surface area (Å²) < 4.78 is 28.5. The van der Waals surface area contributed by atoms with Crippen molar-refractivity contribution in [2.45, 2.75) is 18.7 Å². The largest absolute Gasteiger partial charge is 0.271 e. The van der Waals surface area contributed by atoms with E-state index in [-0.39, 0.29) is 27.9 Å². The first-order valence-corrected chi connectivity index (χ1v) is 11.0. The molecule has 2 aromatic carbocycles. The van der Waals surface area contributed by atoms with Crippen molar-refractivity contribution in [3.8, 4) is 0 Å².